The van der Waals surface area contributed by atoms with Crippen LogP contribution in [-0.4, -0.2) is 7.05 Å². The number of hydrogen-bond donors (Lipinski definition) is 1. The molecule has 1 heterocycles. The van der Waals surface area contributed by atoms with Crippen molar-refractivity contribution in [3.05, 3.63) is 89.5 Å². The van der Waals surface area contributed by atoms with E-state index in [2.05, 4.69) is 72.6 Å². The van der Waals surface area contributed by atoms with Gasteiger partial charge in [-0.25, -0.2) is 0 Å². The van der Waals surface area contributed by atoms with Crippen LogP contribution in [0.15, 0.2) is 72.8 Å². The van der Waals surface area contributed by atoms with Crippen LogP contribution in [0.4, 0.5) is 17.1 Å². The van der Waals surface area contributed by atoms with Crippen molar-refractivity contribution in [1.82, 2.24) is 0 Å². The molecule has 3 aromatic rings. The van der Waals surface area contributed by atoms with Crippen molar-refractivity contribution >= 4 is 28.7 Å². The fourth-order valence-corrected chi connectivity index (χ4v) is 3.23. The van der Waals surface area contributed by atoms with E-state index in [9.17, 15) is 0 Å². The molecule has 0 aromatic heterocycles. The lowest BCUT2D eigenvalue weighted by atomic mass is 9.89. The summed E-state index contributed by atoms with van der Waals surface area (Å²) in [6, 6.07) is 25.1. The normalized spacial score (nSPS) is 12.6. The van der Waals surface area contributed by atoms with E-state index < -0.39 is 0 Å². The molecular weight excluding hydrogens is 280 g/mol. The summed E-state index contributed by atoms with van der Waals surface area (Å²) >= 11 is 0. The smallest absolute Gasteiger partial charge is 0.0488 e. The van der Waals surface area contributed by atoms with Gasteiger partial charge in [0.15, 0.2) is 0 Å². The third kappa shape index (κ3) is 2.29. The number of benzene rings is 3. The Hall–Kier alpha value is -3.00. The second-order valence-corrected chi connectivity index (χ2v) is 5.82. The molecule has 3 aromatic carbocycles. The molecule has 0 spiro atoms. The Balaban J connectivity index is 1.98. The van der Waals surface area contributed by atoms with Crippen molar-refractivity contribution in [3.8, 4) is 0 Å². The summed E-state index contributed by atoms with van der Waals surface area (Å²) in [4.78, 5) is 2.25. The first-order chi connectivity index (χ1) is 11.2. The quantitative estimate of drug-likeness (QED) is 0.645. The van der Waals surface area contributed by atoms with Gasteiger partial charge in [-0.15, -0.1) is 0 Å². The molecule has 0 radical (unpaired) electrons. The minimum atomic E-state index is 0.786. The Morgan fingerprint density at radius 1 is 0.783 bits per heavy atom. The zero-order valence-corrected chi connectivity index (χ0v) is 13.0. The van der Waals surface area contributed by atoms with Crippen LogP contribution >= 0.6 is 0 Å². The monoisotopic (exact) mass is 298 g/mol. The van der Waals surface area contributed by atoms with Crippen LogP contribution in [0.1, 0.15) is 16.7 Å². The highest BCUT2D eigenvalue weighted by atomic mass is 15.1. The zero-order chi connectivity index (χ0) is 15.8. The molecule has 2 nitrogen and oxygen atoms in total. The third-order valence-corrected chi connectivity index (χ3v) is 4.33. The second kappa shape index (κ2) is 5.33. The van der Waals surface area contributed by atoms with Crippen LogP contribution in [-0.2, 0) is 0 Å². The van der Waals surface area contributed by atoms with Gasteiger partial charge in [0.05, 0.1) is 0 Å². The van der Waals surface area contributed by atoms with E-state index >= 15 is 0 Å². The largest absolute Gasteiger partial charge is 0.399 e. The Morgan fingerprint density at radius 3 is 2.00 bits per heavy atom. The van der Waals surface area contributed by atoms with E-state index in [0.717, 1.165) is 11.3 Å². The maximum Gasteiger partial charge on any atom is 0.0488 e. The average Bonchev–Trinajstić information content (AvgIpc) is 2.59. The lowest BCUT2D eigenvalue weighted by Crippen LogP contribution is -2.17. The fraction of sp³-hybridized carbons (Fsp3) is 0.0476. The van der Waals surface area contributed by atoms with Crippen LogP contribution < -0.4 is 10.6 Å². The summed E-state index contributed by atoms with van der Waals surface area (Å²) in [6.07, 6.45) is 2.22. The molecule has 0 aliphatic carbocycles. The van der Waals surface area contributed by atoms with Gasteiger partial charge in [-0.05, 0) is 41.5 Å². The van der Waals surface area contributed by atoms with Crippen molar-refractivity contribution in [2.75, 3.05) is 17.7 Å². The summed E-state index contributed by atoms with van der Waals surface area (Å²) in [7, 11) is 2.12. The summed E-state index contributed by atoms with van der Waals surface area (Å²) in [5, 5.41) is 0. The molecular formula is C21H18N2. The Morgan fingerprint density at radius 2 is 1.39 bits per heavy atom. The summed E-state index contributed by atoms with van der Waals surface area (Å²) in [5.41, 5.74) is 14.0. The molecule has 2 heteroatoms. The van der Waals surface area contributed by atoms with Gasteiger partial charge in [-0.2, -0.15) is 0 Å². The fourth-order valence-electron chi connectivity index (χ4n) is 3.23. The predicted octanol–water partition coefficient (Wildman–Crippen LogP) is 4.94. The molecule has 0 bridgehead atoms. The molecule has 0 fully saturated rings. The zero-order valence-electron chi connectivity index (χ0n) is 13.0. The minimum Gasteiger partial charge on any atom is -0.399 e. The number of nitrogens with two attached hydrogens (primary N) is 1. The van der Waals surface area contributed by atoms with Crippen molar-refractivity contribution < 1.29 is 0 Å². The lowest BCUT2D eigenvalue weighted by molar-refractivity contribution is 1.17. The summed E-state index contributed by atoms with van der Waals surface area (Å²) in [6.45, 7) is 0. The molecule has 1 aliphatic heterocycles. The Bertz CT molecular complexity index is 859. The van der Waals surface area contributed by atoms with E-state index in [4.69, 9.17) is 5.73 Å². The summed E-state index contributed by atoms with van der Waals surface area (Å²) in [5.74, 6) is 0. The molecule has 112 valence electrons. The van der Waals surface area contributed by atoms with Crippen molar-refractivity contribution in [3.63, 3.8) is 0 Å². The van der Waals surface area contributed by atoms with Crippen molar-refractivity contribution in [2.24, 2.45) is 0 Å². The van der Waals surface area contributed by atoms with Crippen molar-refractivity contribution in [2.45, 2.75) is 0 Å². The maximum atomic E-state index is 5.94. The molecule has 1 aliphatic rings. The number of rotatable bonds is 1. The van der Waals surface area contributed by atoms with Crippen LogP contribution in [0, 0.1) is 0 Å². The molecule has 23 heavy (non-hydrogen) atoms. The number of para-hydroxylation sites is 2. The highest BCUT2D eigenvalue weighted by Crippen LogP contribution is 2.44. The number of nitrogens with zero attached hydrogens (tertiary/aromatic N) is 1. The topological polar surface area (TPSA) is 29.3 Å². The summed E-state index contributed by atoms with van der Waals surface area (Å²) < 4.78 is 0. The number of anilines is 3. The van der Waals surface area contributed by atoms with E-state index in [1.807, 2.05) is 18.2 Å². The van der Waals surface area contributed by atoms with E-state index in [0.29, 0.717) is 0 Å². The number of nitrogen functional groups attached to an aromatic ring is 1. The number of hydrogen-bond acceptors (Lipinski definition) is 2. The third-order valence-electron chi connectivity index (χ3n) is 4.33. The molecule has 2 N–H and O–H groups in total. The van der Waals surface area contributed by atoms with Gasteiger partial charge in [-0.1, -0.05) is 48.5 Å². The SMILES string of the molecule is CN1c2ccccc2C(=Cc2cccc(N)c2)c2ccccc21. The van der Waals surface area contributed by atoms with E-state index in [1.165, 1.54) is 28.1 Å². The molecule has 4 rings (SSSR count). The minimum absolute atomic E-state index is 0.786. The van der Waals surface area contributed by atoms with Crippen LogP contribution in [0.25, 0.3) is 11.6 Å². The Labute approximate surface area is 136 Å². The lowest BCUT2D eigenvalue weighted by Gasteiger charge is -2.31. The van der Waals surface area contributed by atoms with Gasteiger partial charge in [-0.3, -0.25) is 0 Å². The van der Waals surface area contributed by atoms with Crippen LogP contribution in [0.3, 0.4) is 0 Å². The van der Waals surface area contributed by atoms with Gasteiger partial charge in [0, 0.05) is 35.2 Å². The first kappa shape index (κ1) is 13.6. The molecule has 0 amide bonds. The van der Waals surface area contributed by atoms with Crippen LogP contribution in [0.2, 0.25) is 0 Å². The standard InChI is InChI=1S/C21H18N2/c1-23-20-11-4-2-9-17(20)19(18-10-3-5-12-21(18)23)14-15-7-6-8-16(22)13-15/h2-14H,22H2,1H3. The van der Waals surface area contributed by atoms with E-state index in [1.54, 1.807) is 0 Å². The highest BCUT2D eigenvalue weighted by molar-refractivity contribution is 6.03. The van der Waals surface area contributed by atoms with Gasteiger partial charge in [0.25, 0.3) is 0 Å². The predicted molar refractivity (Wildman–Crippen MR) is 98.8 cm³/mol. The molecule has 0 saturated heterocycles. The Kier molecular flexibility index (Phi) is 3.16. The highest BCUT2D eigenvalue weighted by Gasteiger charge is 2.23. The number of fused-ring (bicyclic) bond motifs is 2. The maximum absolute atomic E-state index is 5.94. The van der Waals surface area contributed by atoms with Gasteiger partial charge in [0.2, 0.25) is 0 Å². The van der Waals surface area contributed by atoms with E-state index in [-0.39, 0.29) is 0 Å². The van der Waals surface area contributed by atoms with Gasteiger partial charge in [0.1, 0.15) is 0 Å². The molecule has 0 unspecified atom stereocenters. The molecule has 0 saturated carbocycles. The van der Waals surface area contributed by atoms with Gasteiger partial charge < -0.3 is 10.6 Å². The van der Waals surface area contributed by atoms with Gasteiger partial charge >= 0.3 is 0 Å². The average molecular weight is 298 g/mol. The second-order valence-electron chi connectivity index (χ2n) is 5.82. The first-order valence-corrected chi connectivity index (χ1v) is 7.74. The first-order valence-electron chi connectivity index (χ1n) is 7.74. The van der Waals surface area contributed by atoms with Crippen molar-refractivity contribution in [1.29, 1.82) is 0 Å². The molecule has 0 atom stereocenters. The van der Waals surface area contributed by atoms with Crippen LogP contribution in [0.5, 0.6) is 0 Å².